The van der Waals surface area contributed by atoms with E-state index in [9.17, 15) is 4.79 Å². The molecule has 1 spiro atoms. The van der Waals surface area contributed by atoms with Gasteiger partial charge in [0.15, 0.2) is 11.5 Å². The normalized spacial score (nSPS) is 31.6. The van der Waals surface area contributed by atoms with Crippen LogP contribution in [0.15, 0.2) is 12.1 Å². The summed E-state index contributed by atoms with van der Waals surface area (Å²) in [6.45, 7) is 4.49. The van der Waals surface area contributed by atoms with Crippen LogP contribution in [0.1, 0.15) is 37.3 Å². The van der Waals surface area contributed by atoms with Gasteiger partial charge in [0.2, 0.25) is 0 Å². The number of nitrogens with zero attached hydrogens (tertiary/aromatic N) is 1. The molecule has 0 bridgehead atoms. The molecular formula is C21H29NO5. The molecular weight excluding hydrogens is 346 g/mol. The highest BCUT2D eigenvalue weighted by Gasteiger charge is 2.62. The van der Waals surface area contributed by atoms with Crippen LogP contribution in [0.2, 0.25) is 0 Å². The Bertz CT molecular complexity index is 736. The van der Waals surface area contributed by atoms with Crippen molar-refractivity contribution in [3.63, 3.8) is 0 Å². The minimum absolute atomic E-state index is 0.0178. The number of benzene rings is 1. The lowest BCUT2D eigenvalue weighted by atomic mass is 9.69. The fraction of sp³-hybridized carbons (Fsp3) is 0.667. The maximum atomic E-state index is 12.2. The lowest BCUT2D eigenvalue weighted by Gasteiger charge is -2.34. The predicted molar refractivity (Wildman–Crippen MR) is 100 cm³/mol. The van der Waals surface area contributed by atoms with E-state index >= 15 is 0 Å². The van der Waals surface area contributed by atoms with Crippen LogP contribution in [0.4, 0.5) is 0 Å². The fourth-order valence-electron chi connectivity index (χ4n) is 5.28. The first kappa shape index (κ1) is 18.6. The number of carbonyl (C=O) groups excluding carboxylic acids is 1. The van der Waals surface area contributed by atoms with Crippen LogP contribution < -0.4 is 9.47 Å². The molecule has 2 aliphatic heterocycles. The zero-order valence-electron chi connectivity index (χ0n) is 16.6. The van der Waals surface area contributed by atoms with Gasteiger partial charge in [0.1, 0.15) is 12.2 Å². The van der Waals surface area contributed by atoms with E-state index in [-0.39, 0.29) is 35.9 Å². The number of carbonyl (C=O) groups is 1. The maximum absolute atomic E-state index is 12.2. The molecule has 6 nitrogen and oxygen atoms in total. The lowest BCUT2D eigenvalue weighted by Crippen LogP contribution is -2.40. The molecule has 2 heterocycles. The molecule has 0 radical (unpaired) electrons. The summed E-state index contributed by atoms with van der Waals surface area (Å²) >= 11 is 0. The third-order valence-electron chi connectivity index (χ3n) is 6.69. The minimum Gasteiger partial charge on any atom is -0.493 e. The van der Waals surface area contributed by atoms with Gasteiger partial charge in [0, 0.05) is 37.0 Å². The van der Waals surface area contributed by atoms with E-state index in [1.54, 1.807) is 14.2 Å². The number of hydrogen-bond acceptors (Lipinski definition) is 6. The van der Waals surface area contributed by atoms with Gasteiger partial charge in [-0.05, 0) is 31.6 Å². The molecule has 4 atom stereocenters. The molecule has 1 aromatic carbocycles. The smallest absolute Gasteiger partial charge is 0.308 e. The van der Waals surface area contributed by atoms with Gasteiger partial charge in [-0.25, -0.2) is 0 Å². The maximum Gasteiger partial charge on any atom is 0.308 e. The van der Waals surface area contributed by atoms with Gasteiger partial charge >= 0.3 is 5.97 Å². The molecule has 1 aromatic rings. The predicted octanol–water partition coefficient (Wildman–Crippen LogP) is 2.52. The van der Waals surface area contributed by atoms with Crippen molar-refractivity contribution in [2.24, 2.45) is 5.92 Å². The summed E-state index contributed by atoms with van der Waals surface area (Å²) in [5.74, 6) is 1.69. The largest absolute Gasteiger partial charge is 0.493 e. The van der Waals surface area contributed by atoms with Crippen molar-refractivity contribution in [2.45, 2.75) is 50.4 Å². The quantitative estimate of drug-likeness (QED) is 0.737. The number of rotatable bonds is 5. The Labute approximate surface area is 160 Å². The van der Waals surface area contributed by atoms with Crippen molar-refractivity contribution in [3.05, 3.63) is 23.3 Å². The molecule has 1 aliphatic carbocycles. The molecule has 1 unspecified atom stereocenters. The molecule has 0 amide bonds. The van der Waals surface area contributed by atoms with E-state index in [0.29, 0.717) is 6.61 Å². The average molecular weight is 375 g/mol. The van der Waals surface area contributed by atoms with E-state index in [1.165, 1.54) is 11.1 Å². The Balaban J connectivity index is 1.70. The first-order valence-corrected chi connectivity index (χ1v) is 9.75. The third kappa shape index (κ3) is 2.81. The molecule has 4 rings (SSSR count). The number of hydrogen-bond donors (Lipinski definition) is 0. The first-order chi connectivity index (χ1) is 13.0. The van der Waals surface area contributed by atoms with Crippen LogP contribution in [0.25, 0.3) is 0 Å². The average Bonchev–Trinajstić information content (AvgIpc) is 3.04. The van der Waals surface area contributed by atoms with Crippen LogP contribution in [0.3, 0.4) is 0 Å². The molecule has 1 saturated carbocycles. The minimum atomic E-state index is -0.193. The van der Waals surface area contributed by atoms with E-state index in [1.807, 2.05) is 6.07 Å². The van der Waals surface area contributed by atoms with Crippen LogP contribution in [-0.4, -0.2) is 57.5 Å². The molecule has 3 aliphatic rings. The molecule has 0 aromatic heterocycles. The Kier molecular flexibility index (Phi) is 4.80. The van der Waals surface area contributed by atoms with E-state index < -0.39 is 0 Å². The Hall–Kier alpha value is -1.79. The summed E-state index contributed by atoms with van der Waals surface area (Å²) in [6, 6.07) is 4.17. The highest BCUT2D eigenvalue weighted by atomic mass is 16.6. The molecule has 148 valence electrons. The van der Waals surface area contributed by atoms with Gasteiger partial charge in [-0.1, -0.05) is 13.0 Å². The van der Waals surface area contributed by atoms with Crippen molar-refractivity contribution in [3.8, 4) is 11.5 Å². The lowest BCUT2D eigenvalue weighted by molar-refractivity contribution is -0.152. The van der Waals surface area contributed by atoms with Gasteiger partial charge in [0.25, 0.3) is 0 Å². The second-order valence-electron chi connectivity index (χ2n) is 8.06. The fourth-order valence-corrected chi connectivity index (χ4v) is 5.28. The van der Waals surface area contributed by atoms with Crippen LogP contribution in [0.5, 0.6) is 11.5 Å². The highest BCUT2D eigenvalue weighted by Crippen LogP contribution is 2.61. The molecule has 0 N–H and O–H groups in total. The number of ether oxygens (including phenoxy) is 4. The van der Waals surface area contributed by atoms with Crippen molar-refractivity contribution in [1.82, 2.24) is 4.90 Å². The number of methoxy groups -OCH3 is 2. The van der Waals surface area contributed by atoms with E-state index in [0.717, 1.165) is 37.4 Å². The topological polar surface area (TPSA) is 57.2 Å². The van der Waals surface area contributed by atoms with Crippen molar-refractivity contribution in [2.75, 3.05) is 34.4 Å². The van der Waals surface area contributed by atoms with E-state index in [4.69, 9.17) is 18.9 Å². The van der Waals surface area contributed by atoms with Gasteiger partial charge in [0.05, 0.1) is 20.1 Å². The van der Waals surface area contributed by atoms with E-state index in [2.05, 4.69) is 24.9 Å². The standard InChI is InChI=1S/C21H29NO5/c1-13-16(26-18(23)7-10-24-3)11-17-21(13)8-9-22(2)12-14-5-6-15(25-4)20(27-17)19(14)21/h5-6,13,16-17H,7-12H2,1-4H3/t13?,16-,17+,21-/m1/s1. The summed E-state index contributed by atoms with van der Waals surface area (Å²) in [5.41, 5.74) is 2.45. The van der Waals surface area contributed by atoms with Crippen molar-refractivity contribution >= 4 is 5.97 Å². The molecule has 0 saturated heterocycles. The summed E-state index contributed by atoms with van der Waals surface area (Å²) < 4.78 is 22.9. The third-order valence-corrected chi connectivity index (χ3v) is 6.69. The second-order valence-corrected chi connectivity index (χ2v) is 8.06. The number of esters is 1. The summed E-state index contributed by atoms with van der Waals surface area (Å²) in [6.07, 6.45) is 1.89. The molecule has 27 heavy (non-hydrogen) atoms. The van der Waals surface area contributed by atoms with Crippen molar-refractivity contribution in [1.29, 1.82) is 0 Å². The monoisotopic (exact) mass is 375 g/mol. The van der Waals surface area contributed by atoms with Crippen molar-refractivity contribution < 1.29 is 23.7 Å². The van der Waals surface area contributed by atoms with Crippen LogP contribution in [-0.2, 0) is 26.2 Å². The van der Waals surface area contributed by atoms with Gasteiger partial charge in [-0.3, -0.25) is 4.79 Å². The zero-order chi connectivity index (χ0) is 19.2. The molecule has 6 heteroatoms. The van der Waals surface area contributed by atoms with Gasteiger partial charge < -0.3 is 23.8 Å². The second kappa shape index (κ2) is 6.99. The van der Waals surface area contributed by atoms with Crippen LogP contribution >= 0.6 is 0 Å². The Morgan fingerprint density at radius 2 is 2.19 bits per heavy atom. The first-order valence-electron chi connectivity index (χ1n) is 9.75. The zero-order valence-corrected chi connectivity index (χ0v) is 16.6. The highest BCUT2D eigenvalue weighted by molar-refractivity contribution is 5.70. The Morgan fingerprint density at radius 3 is 2.93 bits per heavy atom. The SMILES string of the molecule is COCCC(=O)O[C@@H]1C[C@@H]2Oc3c(OC)ccc4c3[C@]2(CCN(C)C4)C1C. The summed E-state index contributed by atoms with van der Waals surface area (Å²) in [5, 5.41) is 0. The summed E-state index contributed by atoms with van der Waals surface area (Å²) in [4.78, 5) is 14.5. The molecule has 1 fully saturated rings. The summed E-state index contributed by atoms with van der Waals surface area (Å²) in [7, 11) is 5.44. The Morgan fingerprint density at radius 1 is 1.37 bits per heavy atom. The van der Waals surface area contributed by atoms with Gasteiger partial charge in [-0.2, -0.15) is 0 Å². The van der Waals surface area contributed by atoms with Crippen LogP contribution in [0, 0.1) is 5.92 Å². The van der Waals surface area contributed by atoms with Gasteiger partial charge in [-0.15, -0.1) is 0 Å².